The fraction of sp³-hybridized carbons (Fsp3) is 0. The van der Waals surface area contributed by atoms with Crippen molar-refractivity contribution in [1.29, 1.82) is 0 Å². The Morgan fingerprint density at radius 2 is 1.52 bits per heavy atom. The lowest BCUT2D eigenvalue weighted by atomic mass is 9.92. The third kappa shape index (κ3) is 2.22. The van der Waals surface area contributed by atoms with E-state index < -0.39 is 55.9 Å². The first kappa shape index (κ1) is 15.9. The summed E-state index contributed by atoms with van der Waals surface area (Å²) in [6, 6.07) is 1.87. The molecule has 0 aromatic heterocycles. The summed E-state index contributed by atoms with van der Waals surface area (Å²) >= 11 is 0. The van der Waals surface area contributed by atoms with Crippen LogP contribution in [0.2, 0.25) is 0 Å². The second-order valence-electron chi connectivity index (χ2n) is 4.94. The summed E-state index contributed by atoms with van der Waals surface area (Å²) in [6.07, 6.45) is 2.18. The van der Waals surface area contributed by atoms with Crippen LogP contribution in [0.25, 0.3) is 0 Å². The molecule has 1 aliphatic heterocycles. The van der Waals surface area contributed by atoms with Crippen molar-refractivity contribution in [1.82, 2.24) is 0 Å². The number of hydrogen-bond acceptors (Lipinski definition) is 8. The molecule has 1 aromatic carbocycles. The average molecular weight is 343 g/mol. The maximum atomic E-state index is 12.2. The highest BCUT2D eigenvalue weighted by Gasteiger charge is 2.45. The molecule has 0 saturated heterocycles. The van der Waals surface area contributed by atoms with Crippen molar-refractivity contribution in [2.24, 2.45) is 0 Å². The van der Waals surface area contributed by atoms with Gasteiger partial charge in [-0.05, 0) is 18.2 Å². The maximum absolute atomic E-state index is 12.2. The minimum Gasteiger partial charge on any atom is -0.289 e. The fourth-order valence-corrected chi connectivity index (χ4v) is 2.53. The van der Waals surface area contributed by atoms with Crippen LogP contribution < -0.4 is 4.90 Å². The Hall–Kier alpha value is -4.02. The van der Waals surface area contributed by atoms with E-state index >= 15 is 0 Å². The van der Waals surface area contributed by atoms with Gasteiger partial charge in [0.1, 0.15) is 5.69 Å². The molecule has 0 spiro atoms. The first-order valence-corrected chi connectivity index (χ1v) is 6.56. The van der Waals surface area contributed by atoms with Crippen LogP contribution in [0.1, 0.15) is 20.7 Å². The Kier molecular flexibility index (Phi) is 3.34. The molecule has 0 radical (unpaired) electrons. The highest BCUT2D eigenvalue weighted by atomic mass is 16.6. The Labute approximate surface area is 137 Å². The zero-order valence-electron chi connectivity index (χ0n) is 12.0. The molecular formula is C14H5N3O8. The Bertz CT molecular complexity index is 988. The normalized spacial score (nSPS) is 16.2. The number of carbonyl (C=O) groups excluding carboxylic acids is 4. The van der Waals surface area contributed by atoms with E-state index in [1.165, 1.54) is 0 Å². The number of fused-ring (bicyclic) bond motifs is 1. The number of amides is 2. The first-order chi connectivity index (χ1) is 11.7. The maximum Gasteiger partial charge on any atom is 0.340 e. The van der Waals surface area contributed by atoms with Gasteiger partial charge < -0.3 is 0 Å². The van der Waals surface area contributed by atoms with Crippen molar-refractivity contribution in [3.8, 4) is 0 Å². The zero-order chi connectivity index (χ0) is 18.5. The first-order valence-electron chi connectivity index (χ1n) is 6.56. The Balaban J connectivity index is 2.32. The van der Waals surface area contributed by atoms with Gasteiger partial charge in [-0.3, -0.25) is 39.4 Å². The molecule has 124 valence electrons. The van der Waals surface area contributed by atoms with E-state index in [-0.39, 0.29) is 10.5 Å². The summed E-state index contributed by atoms with van der Waals surface area (Å²) in [4.78, 5) is 68.4. The molecule has 25 heavy (non-hydrogen) atoms. The minimum absolute atomic E-state index is 0.166. The lowest BCUT2D eigenvalue weighted by Gasteiger charge is -2.19. The van der Waals surface area contributed by atoms with Crippen LogP contribution in [-0.2, 0) is 9.59 Å². The largest absolute Gasteiger partial charge is 0.340 e. The molecule has 3 rings (SSSR count). The number of imide groups is 1. The van der Waals surface area contributed by atoms with Crippen LogP contribution in [0.4, 0.5) is 11.4 Å². The van der Waals surface area contributed by atoms with Gasteiger partial charge in [-0.15, -0.1) is 0 Å². The van der Waals surface area contributed by atoms with Crippen molar-refractivity contribution in [3.05, 3.63) is 67.4 Å². The highest BCUT2D eigenvalue weighted by molar-refractivity contribution is 6.34. The van der Waals surface area contributed by atoms with Gasteiger partial charge in [0.15, 0.2) is 11.6 Å². The molecule has 2 aliphatic rings. The van der Waals surface area contributed by atoms with Crippen molar-refractivity contribution >= 4 is 34.8 Å². The Morgan fingerprint density at radius 3 is 2.08 bits per heavy atom. The number of hydrogen-bond donors (Lipinski definition) is 0. The summed E-state index contributed by atoms with van der Waals surface area (Å²) in [5.41, 5.74) is -3.44. The van der Waals surface area contributed by atoms with Crippen LogP contribution in [-0.4, -0.2) is 33.2 Å². The lowest BCUT2D eigenvalue weighted by molar-refractivity contribution is -0.418. The molecule has 0 unspecified atom stereocenters. The minimum atomic E-state index is -1.43. The number of carbonyl (C=O) groups is 4. The van der Waals surface area contributed by atoms with E-state index in [1.807, 2.05) is 0 Å². The van der Waals surface area contributed by atoms with E-state index in [9.17, 15) is 39.4 Å². The van der Waals surface area contributed by atoms with Gasteiger partial charge in [-0.2, -0.15) is 0 Å². The number of nitro groups is 2. The summed E-state index contributed by atoms with van der Waals surface area (Å²) in [5.74, 6) is -4.15. The second-order valence-corrected chi connectivity index (χ2v) is 4.94. The van der Waals surface area contributed by atoms with Crippen LogP contribution in [0.3, 0.4) is 0 Å². The van der Waals surface area contributed by atoms with E-state index in [0.717, 1.165) is 24.3 Å². The third-order valence-electron chi connectivity index (χ3n) is 3.57. The monoisotopic (exact) mass is 343 g/mol. The van der Waals surface area contributed by atoms with Crippen molar-refractivity contribution in [2.45, 2.75) is 0 Å². The molecule has 11 heteroatoms. The van der Waals surface area contributed by atoms with Gasteiger partial charge in [0, 0.05) is 11.6 Å². The van der Waals surface area contributed by atoms with E-state index in [2.05, 4.69) is 0 Å². The number of allylic oxidation sites excluding steroid dienone is 2. The molecule has 2 amide bonds. The van der Waals surface area contributed by atoms with Gasteiger partial charge >= 0.3 is 11.6 Å². The van der Waals surface area contributed by atoms with Gasteiger partial charge in [-0.1, -0.05) is 0 Å². The predicted octanol–water partition coefficient (Wildman–Crippen LogP) is 0.564. The average Bonchev–Trinajstić information content (AvgIpc) is 2.84. The number of benzene rings is 1. The second kappa shape index (κ2) is 5.26. The van der Waals surface area contributed by atoms with Crippen molar-refractivity contribution in [3.63, 3.8) is 0 Å². The quantitative estimate of drug-likeness (QED) is 0.437. The molecule has 1 heterocycles. The van der Waals surface area contributed by atoms with E-state index in [0.29, 0.717) is 6.08 Å². The number of ketones is 2. The smallest absolute Gasteiger partial charge is 0.289 e. The summed E-state index contributed by atoms with van der Waals surface area (Å²) in [5, 5.41) is 22.1. The molecule has 0 fully saturated rings. The van der Waals surface area contributed by atoms with Crippen molar-refractivity contribution in [2.75, 3.05) is 4.90 Å². The number of nitro benzene ring substituents is 1. The van der Waals surface area contributed by atoms with Crippen molar-refractivity contribution < 1.29 is 29.0 Å². The SMILES string of the molecule is O=C1C=CC(=O)c2c1ccc([N+](=O)[O-])c2N1C(=O)C=C([N+](=O)[O-])C1=O. The molecule has 0 atom stereocenters. The molecule has 1 aromatic rings. The number of anilines is 1. The van der Waals surface area contributed by atoms with Crippen LogP contribution in [0.15, 0.2) is 36.1 Å². The highest BCUT2D eigenvalue weighted by Crippen LogP contribution is 2.39. The molecule has 11 nitrogen and oxygen atoms in total. The molecule has 0 N–H and O–H groups in total. The van der Waals surface area contributed by atoms with Crippen LogP contribution in [0.5, 0.6) is 0 Å². The van der Waals surface area contributed by atoms with Gasteiger partial charge in [0.25, 0.3) is 11.6 Å². The topological polar surface area (TPSA) is 158 Å². The predicted molar refractivity (Wildman–Crippen MR) is 78.5 cm³/mol. The summed E-state index contributed by atoms with van der Waals surface area (Å²) in [6.45, 7) is 0. The van der Waals surface area contributed by atoms with E-state index in [4.69, 9.17) is 0 Å². The molecule has 0 saturated carbocycles. The summed E-state index contributed by atoms with van der Waals surface area (Å²) < 4.78 is 0. The third-order valence-corrected chi connectivity index (χ3v) is 3.57. The van der Waals surface area contributed by atoms with Gasteiger partial charge in [-0.25, -0.2) is 4.90 Å². The van der Waals surface area contributed by atoms with Gasteiger partial charge in [0.05, 0.1) is 21.5 Å². The molecule has 1 aliphatic carbocycles. The number of nitrogens with zero attached hydrogens (tertiary/aromatic N) is 3. The molecule has 0 bridgehead atoms. The van der Waals surface area contributed by atoms with Gasteiger partial charge in [0.2, 0.25) is 0 Å². The Morgan fingerprint density at radius 1 is 0.880 bits per heavy atom. The zero-order valence-corrected chi connectivity index (χ0v) is 12.0. The van der Waals surface area contributed by atoms with Crippen LogP contribution in [0, 0.1) is 20.2 Å². The lowest BCUT2D eigenvalue weighted by Crippen LogP contribution is -2.34. The fourth-order valence-electron chi connectivity index (χ4n) is 2.53. The van der Waals surface area contributed by atoms with E-state index in [1.54, 1.807) is 0 Å². The van der Waals surface area contributed by atoms with Crippen LogP contribution >= 0.6 is 0 Å². The standard InChI is InChI=1S/C14H5N3O8/c18-9-3-4-10(19)12-6(9)1-2-7(16(22)23)13(12)15-11(20)5-8(14(15)21)17(24)25/h1-5H. The summed E-state index contributed by atoms with van der Waals surface area (Å²) in [7, 11) is 0. The number of rotatable bonds is 3. The molecular weight excluding hydrogens is 338 g/mol.